The molecule has 0 aliphatic carbocycles. The Morgan fingerprint density at radius 3 is 2.58 bits per heavy atom. The third-order valence-electron chi connectivity index (χ3n) is 5.16. The standard InChI is InChI=1S/C23H17N3O5/c27-21(14-6-7-16-17(12-14)31-11-10-30-16)19-20(15-4-3-8-24-13-15)26(23(29)22(19)28)18-5-1-2-9-25-18/h1-9,12-13,20,27H,10-11H2/b21-19+. The molecule has 8 heteroatoms. The topological polar surface area (TPSA) is 102 Å². The first-order chi connectivity index (χ1) is 15.1. The summed E-state index contributed by atoms with van der Waals surface area (Å²) in [7, 11) is 0. The van der Waals surface area contributed by atoms with E-state index in [1.807, 2.05) is 0 Å². The van der Waals surface area contributed by atoms with Crippen molar-refractivity contribution >= 4 is 23.3 Å². The van der Waals surface area contributed by atoms with Gasteiger partial charge in [-0.3, -0.25) is 19.5 Å². The Bertz CT molecular complexity index is 1190. The molecule has 1 atom stereocenters. The van der Waals surface area contributed by atoms with E-state index in [0.29, 0.717) is 41.7 Å². The highest BCUT2D eigenvalue weighted by Crippen LogP contribution is 2.42. The van der Waals surface area contributed by atoms with E-state index in [1.54, 1.807) is 60.9 Å². The Morgan fingerprint density at radius 2 is 1.84 bits per heavy atom. The number of amides is 1. The van der Waals surface area contributed by atoms with Gasteiger partial charge < -0.3 is 14.6 Å². The Morgan fingerprint density at radius 1 is 1.00 bits per heavy atom. The number of ketones is 1. The van der Waals surface area contributed by atoms with Crippen LogP contribution in [0.5, 0.6) is 11.5 Å². The van der Waals surface area contributed by atoms with Crippen molar-refractivity contribution in [1.29, 1.82) is 0 Å². The molecule has 3 aromatic rings. The van der Waals surface area contributed by atoms with Crippen LogP contribution in [0.4, 0.5) is 5.82 Å². The molecule has 8 nitrogen and oxygen atoms in total. The molecule has 1 aromatic carbocycles. The van der Waals surface area contributed by atoms with E-state index < -0.39 is 17.7 Å². The van der Waals surface area contributed by atoms with E-state index in [4.69, 9.17) is 9.47 Å². The molecule has 1 fully saturated rings. The van der Waals surface area contributed by atoms with Crippen LogP contribution in [0.2, 0.25) is 0 Å². The van der Waals surface area contributed by atoms with Crippen molar-refractivity contribution in [3.05, 3.63) is 83.8 Å². The monoisotopic (exact) mass is 415 g/mol. The summed E-state index contributed by atoms with van der Waals surface area (Å²) < 4.78 is 11.1. The van der Waals surface area contributed by atoms with E-state index in [0.717, 1.165) is 0 Å². The first kappa shape index (κ1) is 18.8. The van der Waals surface area contributed by atoms with Gasteiger partial charge in [0.25, 0.3) is 5.78 Å². The number of aliphatic hydroxyl groups is 1. The maximum atomic E-state index is 13.1. The maximum Gasteiger partial charge on any atom is 0.301 e. The van der Waals surface area contributed by atoms with E-state index in [9.17, 15) is 14.7 Å². The second-order valence-corrected chi connectivity index (χ2v) is 7.00. The lowest BCUT2D eigenvalue weighted by atomic mass is 9.96. The van der Waals surface area contributed by atoms with Gasteiger partial charge in [0.1, 0.15) is 24.8 Å². The summed E-state index contributed by atoms with van der Waals surface area (Å²) in [5, 5.41) is 11.1. The quantitative estimate of drug-likeness (QED) is 0.399. The van der Waals surface area contributed by atoms with Crippen molar-refractivity contribution in [3.63, 3.8) is 0 Å². The second kappa shape index (κ2) is 7.56. The van der Waals surface area contributed by atoms with Gasteiger partial charge in [-0.05, 0) is 42.0 Å². The molecule has 0 radical (unpaired) electrons. The average molecular weight is 415 g/mol. The smallest absolute Gasteiger partial charge is 0.301 e. The van der Waals surface area contributed by atoms with Crippen molar-refractivity contribution in [2.75, 3.05) is 18.1 Å². The van der Waals surface area contributed by atoms with Crippen molar-refractivity contribution in [3.8, 4) is 11.5 Å². The molecule has 1 unspecified atom stereocenters. The predicted molar refractivity (Wildman–Crippen MR) is 111 cm³/mol. The number of hydrogen-bond donors (Lipinski definition) is 1. The number of anilines is 1. The number of Topliss-reactive ketones (excluding diaryl/α,β-unsaturated/α-hetero) is 1. The predicted octanol–water partition coefficient (Wildman–Crippen LogP) is 2.87. The fourth-order valence-electron chi connectivity index (χ4n) is 3.76. The third kappa shape index (κ3) is 3.18. The Balaban J connectivity index is 1.69. The lowest BCUT2D eigenvalue weighted by Gasteiger charge is -2.24. The molecule has 0 saturated carbocycles. The summed E-state index contributed by atoms with van der Waals surface area (Å²) in [5.41, 5.74) is 0.879. The van der Waals surface area contributed by atoms with Crippen LogP contribution in [-0.2, 0) is 9.59 Å². The SMILES string of the molecule is O=C1C(=O)N(c2ccccn2)C(c2cccnc2)/C1=C(\O)c1ccc2c(c1)OCCO2. The lowest BCUT2D eigenvalue weighted by molar-refractivity contribution is -0.132. The number of carbonyl (C=O) groups excluding carboxylic acids is 2. The molecule has 2 aliphatic rings. The number of hydrogen-bond acceptors (Lipinski definition) is 7. The normalized spacial score (nSPS) is 19.5. The third-order valence-corrected chi connectivity index (χ3v) is 5.16. The van der Waals surface area contributed by atoms with E-state index in [-0.39, 0.29) is 11.3 Å². The minimum atomic E-state index is -0.878. The van der Waals surface area contributed by atoms with Crippen molar-refractivity contribution in [1.82, 2.24) is 9.97 Å². The summed E-state index contributed by atoms with van der Waals surface area (Å²) in [5.74, 6) is -0.548. The minimum Gasteiger partial charge on any atom is -0.507 e. The van der Waals surface area contributed by atoms with Crippen LogP contribution >= 0.6 is 0 Å². The Kier molecular flexibility index (Phi) is 4.59. The summed E-state index contributed by atoms with van der Waals surface area (Å²) >= 11 is 0. The number of nitrogens with zero attached hydrogens (tertiary/aromatic N) is 3. The van der Waals surface area contributed by atoms with Crippen LogP contribution in [-0.4, -0.2) is 40.0 Å². The van der Waals surface area contributed by atoms with Gasteiger partial charge in [-0.15, -0.1) is 0 Å². The van der Waals surface area contributed by atoms with Crippen LogP contribution in [0.1, 0.15) is 17.2 Å². The van der Waals surface area contributed by atoms with Gasteiger partial charge >= 0.3 is 5.91 Å². The number of aliphatic hydroxyl groups excluding tert-OH is 1. The fourth-order valence-corrected chi connectivity index (χ4v) is 3.76. The first-order valence-electron chi connectivity index (χ1n) is 9.67. The second-order valence-electron chi connectivity index (χ2n) is 7.00. The Labute approximate surface area is 177 Å². The number of ether oxygens (including phenoxy) is 2. The van der Waals surface area contributed by atoms with E-state index >= 15 is 0 Å². The number of carbonyl (C=O) groups is 2. The van der Waals surface area contributed by atoms with Crippen LogP contribution in [0.15, 0.2) is 72.7 Å². The van der Waals surface area contributed by atoms with Gasteiger partial charge in [0, 0.05) is 24.2 Å². The molecule has 0 spiro atoms. The average Bonchev–Trinajstić information content (AvgIpc) is 3.10. The molecule has 1 N–H and O–H groups in total. The zero-order valence-electron chi connectivity index (χ0n) is 16.3. The number of pyridine rings is 2. The molecule has 154 valence electrons. The number of fused-ring (bicyclic) bond motifs is 1. The molecule has 2 aromatic heterocycles. The number of aromatic nitrogens is 2. The molecule has 4 heterocycles. The van der Waals surface area contributed by atoms with Crippen molar-refractivity contribution in [2.24, 2.45) is 0 Å². The fraction of sp³-hybridized carbons (Fsp3) is 0.130. The van der Waals surface area contributed by atoms with Crippen molar-refractivity contribution < 1.29 is 24.2 Å². The van der Waals surface area contributed by atoms with E-state index in [1.165, 1.54) is 11.1 Å². The summed E-state index contributed by atoms with van der Waals surface area (Å²) in [6.45, 7) is 0.825. The molecule has 31 heavy (non-hydrogen) atoms. The van der Waals surface area contributed by atoms with Crippen LogP contribution in [0.3, 0.4) is 0 Å². The highest BCUT2D eigenvalue weighted by atomic mass is 16.6. The van der Waals surface area contributed by atoms with E-state index in [2.05, 4.69) is 9.97 Å². The first-order valence-corrected chi connectivity index (χ1v) is 9.67. The van der Waals surface area contributed by atoms with Gasteiger partial charge in [0.2, 0.25) is 0 Å². The summed E-state index contributed by atoms with van der Waals surface area (Å²) in [4.78, 5) is 35.7. The van der Waals surface area contributed by atoms with Crippen LogP contribution in [0, 0.1) is 0 Å². The Hall–Kier alpha value is -4.20. The van der Waals surface area contributed by atoms with Gasteiger partial charge in [-0.2, -0.15) is 0 Å². The molecule has 1 saturated heterocycles. The number of benzene rings is 1. The van der Waals surface area contributed by atoms with Gasteiger partial charge in [-0.1, -0.05) is 12.1 Å². The molecule has 5 rings (SSSR count). The van der Waals surface area contributed by atoms with Gasteiger partial charge in [0.05, 0.1) is 11.6 Å². The molecule has 1 amide bonds. The zero-order chi connectivity index (χ0) is 21.4. The molecular weight excluding hydrogens is 398 g/mol. The largest absolute Gasteiger partial charge is 0.507 e. The van der Waals surface area contributed by atoms with Crippen LogP contribution < -0.4 is 14.4 Å². The van der Waals surface area contributed by atoms with Crippen LogP contribution in [0.25, 0.3) is 5.76 Å². The zero-order valence-corrected chi connectivity index (χ0v) is 16.3. The van der Waals surface area contributed by atoms with Gasteiger partial charge in [-0.25, -0.2) is 4.98 Å². The summed E-state index contributed by atoms with van der Waals surface area (Å²) in [6.07, 6.45) is 4.69. The maximum absolute atomic E-state index is 13.1. The molecular formula is C23H17N3O5. The molecule has 0 bridgehead atoms. The number of rotatable bonds is 3. The lowest BCUT2D eigenvalue weighted by Crippen LogP contribution is -2.30. The molecule has 2 aliphatic heterocycles. The highest BCUT2D eigenvalue weighted by Gasteiger charge is 2.47. The highest BCUT2D eigenvalue weighted by molar-refractivity contribution is 6.51. The van der Waals surface area contributed by atoms with Crippen molar-refractivity contribution in [2.45, 2.75) is 6.04 Å². The summed E-state index contributed by atoms with van der Waals surface area (Å²) in [6, 6.07) is 12.5. The minimum absolute atomic E-state index is 0.0414. The van der Waals surface area contributed by atoms with Gasteiger partial charge in [0.15, 0.2) is 11.5 Å².